The van der Waals surface area contributed by atoms with E-state index in [2.05, 4.69) is 19.9 Å². The molecule has 2 aromatic heterocycles. The van der Waals surface area contributed by atoms with Crippen molar-refractivity contribution in [3.05, 3.63) is 47.2 Å². The van der Waals surface area contributed by atoms with Gasteiger partial charge in [0.05, 0.1) is 17.0 Å². The van der Waals surface area contributed by atoms with Crippen LogP contribution in [0.1, 0.15) is 45.4 Å². The topological polar surface area (TPSA) is 117 Å². The molecule has 154 valence electrons. The summed E-state index contributed by atoms with van der Waals surface area (Å²) in [6.07, 6.45) is 3.95. The zero-order valence-corrected chi connectivity index (χ0v) is 16.8. The van der Waals surface area contributed by atoms with Gasteiger partial charge in [0.2, 0.25) is 0 Å². The third-order valence-corrected chi connectivity index (χ3v) is 4.70. The number of hydrogen-bond acceptors (Lipinski definition) is 7. The lowest BCUT2D eigenvalue weighted by Crippen LogP contribution is -2.36. The molecule has 0 unspecified atom stereocenters. The molecule has 1 amide bonds. The molecular formula is C20H25N5O4. The lowest BCUT2D eigenvalue weighted by molar-refractivity contribution is -0.122. The van der Waals surface area contributed by atoms with Crippen LogP contribution in [0.4, 0.5) is 5.82 Å². The lowest BCUT2D eigenvalue weighted by Gasteiger charge is -2.23. The van der Waals surface area contributed by atoms with E-state index in [4.69, 9.17) is 9.90 Å². The van der Waals surface area contributed by atoms with Gasteiger partial charge in [0, 0.05) is 37.9 Å². The van der Waals surface area contributed by atoms with Crippen molar-refractivity contribution in [2.24, 2.45) is 0 Å². The first-order valence-electron chi connectivity index (χ1n) is 9.26. The van der Waals surface area contributed by atoms with Crippen molar-refractivity contribution >= 4 is 24.0 Å². The molecule has 0 saturated carbocycles. The van der Waals surface area contributed by atoms with E-state index in [0.717, 1.165) is 18.8 Å². The molecule has 2 aromatic rings. The maximum absolute atomic E-state index is 12.9. The van der Waals surface area contributed by atoms with E-state index in [1.807, 2.05) is 24.8 Å². The summed E-state index contributed by atoms with van der Waals surface area (Å²) >= 11 is 0. The molecule has 9 heteroatoms. The predicted octanol–water partition coefficient (Wildman–Crippen LogP) is 1.74. The number of aromatic nitrogens is 3. The molecule has 1 N–H and O–H groups in total. The van der Waals surface area contributed by atoms with E-state index in [1.54, 1.807) is 12.3 Å². The minimum atomic E-state index is -0.250. The molecule has 1 aliphatic rings. The Balaban J connectivity index is 0.000000941. The molecule has 0 aromatic carbocycles. The van der Waals surface area contributed by atoms with Crippen LogP contribution in [0, 0.1) is 13.8 Å². The highest BCUT2D eigenvalue weighted by Crippen LogP contribution is 2.17. The van der Waals surface area contributed by atoms with Crippen molar-refractivity contribution < 1.29 is 19.5 Å². The highest BCUT2D eigenvalue weighted by Gasteiger charge is 2.24. The van der Waals surface area contributed by atoms with E-state index >= 15 is 0 Å². The van der Waals surface area contributed by atoms with E-state index in [9.17, 15) is 9.59 Å². The van der Waals surface area contributed by atoms with Gasteiger partial charge < -0.3 is 14.9 Å². The Kier molecular flexibility index (Phi) is 7.76. The predicted molar refractivity (Wildman–Crippen MR) is 107 cm³/mol. The lowest BCUT2D eigenvalue weighted by atomic mass is 10.1. The van der Waals surface area contributed by atoms with Crippen LogP contribution in [0.15, 0.2) is 24.7 Å². The van der Waals surface area contributed by atoms with Crippen LogP contribution >= 0.6 is 0 Å². The van der Waals surface area contributed by atoms with Crippen LogP contribution in [-0.2, 0) is 4.79 Å². The summed E-state index contributed by atoms with van der Waals surface area (Å²) in [5.41, 5.74) is 2.63. The van der Waals surface area contributed by atoms with Crippen LogP contribution in [0.3, 0.4) is 0 Å². The van der Waals surface area contributed by atoms with Crippen LogP contribution in [0.5, 0.6) is 0 Å². The van der Waals surface area contributed by atoms with Crippen molar-refractivity contribution in [2.45, 2.75) is 27.2 Å². The van der Waals surface area contributed by atoms with Crippen molar-refractivity contribution in [3.63, 3.8) is 0 Å². The van der Waals surface area contributed by atoms with E-state index in [1.165, 1.54) is 13.3 Å². The molecule has 1 aliphatic heterocycles. The molecule has 9 nitrogen and oxygen atoms in total. The van der Waals surface area contributed by atoms with Gasteiger partial charge in [-0.3, -0.25) is 14.4 Å². The van der Waals surface area contributed by atoms with Gasteiger partial charge in [-0.25, -0.2) is 15.0 Å². The van der Waals surface area contributed by atoms with E-state index < -0.39 is 0 Å². The first-order chi connectivity index (χ1) is 13.9. The van der Waals surface area contributed by atoms with Crippen LogP contribution < -0.4 is 4.90 Å². The quantitative estimate of drug-likeness (QED) is 0.613. The molecule has 1 fully saturated rings. The number of Topliss-reactive ketones (excluding diaryl/α,β-unsaturated/α-hetero) is 1. The van der Waals surface area contributed by atoms with Gasteiger partial charge in [-0.2, -0.15) is 0 Å². The molecule has 1 saturated heterocycles. The molecule has 0 radical (unpaired) electrons. The number of ketones is 1. The molecule has 29 heavy (non-hydrogen) atoms. The molecule has 0 spiro atoms. The fourth-order valence-electron chi connectivity index (χ4n) is 3.19. The molecule has 0 atom stereocenters. The highest BCUT2D eigenvalue weighted by atomic mass is 16.3. The number of carboxylic acid groups (broad SMARTS) is 1. The van der Waals surface area contributed by atoms with Crippen molar-refractivity contribution in [3.8, 4) is 0 Å². The number of pyridine rings is 1. The first kappa shape index (κ1) is 21.9. The molecule has 3 heterocycles. The van der Waals surface area contributed by atoms with Gasteiger partial charge in [0.25, 0.3) is 12.4 Å². The summed E-state index contributed by atoms with van der Waals surface area (Å²) in [7, 11) is 0. The normalized spacial score (nSPS) is 13.8. The van der Waals surface area contributed by atoms with Crippen LogP contribution in [-0.4, -0.2) is 69.3 Å². The van der Waals surface area contributed by atoms with Crippen molar-refractivity contribution in [2.75, 3.05) is 31.1 Å². The summed E-state index contributed by atoms with van der Waals surface area (Å²) in [4.78, 5) is 49.4. The van der Waals surface area contributed by atoms with Gasteiger partial charge in [0.15, 0.2) is 5.78 Å². The van der Waals surface area contributed by atoms with Crippen molar-refractivity contribution in [1.29, 1.82) is 0 Å². The standard InChI is InChI=1S/C19H23N5O2.CH2O2/c1-13-18(14(2)22-12-21-13)19(26)24-8-4-7-23(9-10-24)17-6-5-16(11-20-17)15(3)25;2-1-3/h5-6,11-12H,4,7-10H2,1-3H3;1H,(H,2,3). The average molecular weight is 399 g/mol. The number of nitrogens with zero attached hydrogens (tertiary/aromatic N) is 5. The largest absolute Gasteiger partial charge is 0.483 e. The number of carbonyl (C=O) groups is 3. The Hall–Kier alpha value is -3.36. The monoisotopic (exact) mass is 399 g/mol. The van der Waals surface area contributed by atoms with Gasteiger partial charge >= 0.3 is 0 Å². The number of aryl methyl sites for hydroxylation is 2. The Morgan fingerprint density at radius 3 is 2.24 bits per heavy atom. The third-order valence-electron chi connectivity index (χ3n) is 4.70. The average Bonchev–Trinajstić information content (AvgIpc) is 2.95. The summed E-state index contributed by atoms with van der Waals surface area (Å²) in [6.45, 7) is 7.78. The SMILES string of the molecule is CC(=O)c1ccc(N2CCCN(C(=O)c3c(C)ncnc3C)CC2)nc1.O=CO. The number of rotatable bonds is 3. The Labute approximate surface area is 169 Å². The maximum Gasteiger partial charge on any atom is 0.290 e. The van der Waals surface area contributed by atoms with Gasteiger partial charge in [-0.1, -0.05) is 0 Å². The zero-order valence-electron chi connectivity index (χ0n) is 16.8. The smallest absolute Gasteiger partial charge is 0.290 e. The number of hydrogen-bond donors (Lipinski definition) is 1. The first-order valence-corrected chi connectivity index (χ1v) is 9.26. The minimum absolute atomic E-state index is 0.00695. The summed E-state index contributed by atoms with van der Waals surface area (Å²) < 4.78 is 0. The summed E-state index contributed by atoms with van der Waals surface area (Å²) in [6, 6.07) is 3.67. The number of anilines is 1. The van der Waals surface area contributed by atoms with Crippen LogP contribution in [0.2, 0.25) is 0 Å². The third kappa shape index (κ3) is 5.56. The van der Waals surface area contributed by atoms with Gasteiger partial charge in [0.1, 0.15) is 12.1 Å². The second kappa shape index (κ2) is 10.3. The second-order valence-electron chi connectivity index (χ2n) is 6.62. The van der Waals surface area contributed by atoms with Gasteiger partial charge in [-0.15, -0.1) is 0 Å². The highest BCUT2D eigenvalue weighted by molar-refractivity contribution is 5.96. The Bertz CT molecular complexity index is 849. The molecule has 0 bridgehead atoms. The van der Waals surface area contributed by atoms with Gasteiger partial charge in [-0.05, 0) is 39.3 Å². The Morgan fingerprint density at radius 1 is 1.03 bits per heavy atom. The minimum Gasteiger partial charge on any atom is -0.483 e. The maximum atomic E-state index is 12.9. The van der Waals surface area contributed by atoms with Crippen molar-refractivity contribution in [1.82, 2.24) is 19.9 Å². The van der Waals surface area contributed by atoms with Crippen LogP contribution in [0.25, 0.3) is 0 Å². The van der Waals surface area contributed by atoms with E-state index in [-0.39, 0.29) is 18.2 Å². The molecule has 0 aliphatic carbocycles. The number of carbonyl (C=O) groups excluding carboxylic acids is 2. The van der Waals surface area contributed by atoms with E-state index in [0.29, 0.717) is 42.1 Å². The summed E-state index contributed by atoms with van der Waals surface area (Å²) in [5.74, 6) is 0.828. The zero-order chi connectivity index (χ0) is 21.4. The molecule has 3 rings (SSSR count). The second-order valence-corrected chi connectivity index (χ2v) is 6.62. The Morgan fingerprint density at radius 2 is 1.69 bits per heavy atom. The molecular weight excluding hydrogens is 374 g/mol. The fraction of sp³-hybridized carbons (Fsp3) is 0.400. The summed E-state index contributed by atoms with van der Waals surface area (Å²) in [5, 5.41) is 6.89. The number of amides is 1. The fourth-order valence-corrected chi connectivity index (χ4v) is 3.19.